The van der Waals surface area contributed by atoms with E-state index in [9.17, 15) is 5.11 Å². The topological polar surface area (TPSA) is 72.3 Å². The molecular formula is C12H14N2O. The number of aryl methyl sites for hydroxylation is 1. The number of anilines is 1. The molecule has 3 nitrogen and oxygen atoms in total. The van der Waals surface area contributed by atoms with Crippen molar-refractivity contribution in [1.29, 1.82) is 0 Å². The van der Waals surface area contributed by atoms with Gasteiger partial charge < -0.3 is 16.6 Å². The van der Waals surface area contributed by atoms with Crippen LogP contribution in [-0.2, 0) is 0 Å². The summed E-state index contributed by atoms with van der Waals surface area (Å²) in [7, 11) is 0. The second kappa shape index (κ2) is 3.53. The molecule has 0 spiro atoms. The molecule has 0 aliphatic carbocycles. The number of hydrogen-bond acceptors (Lipinski definition) is 3. The second-order valence-corrected chi connectivity index (χ2v) is 3.72. The lowest BCUT2D eigenvalue weighted by molar-refractivity contribution is 0.185. The van der Waals surface area contributed by atoms with E-state index < -0.39 is 6.23 Å². The van der Waals surface area contributed by atoms with Crippen molar-refractivity contribution in [3.05, 3.63) is 41.5 Å². The number of aliphatic hydroxyl groups excluding tert-OH is 1. The molecule has 78 valence electrons. The fraction of sp³-hybridized carbons (Fsp3) is 0.167. The summed E-state index contributed by atoms with van der Waals surface area (Å²) in [5.74, 6) is 0. The molecule has 0 heterocycles. The Morgan fingerprint density at radius 1 is 1.27 bits per heavy atom. The van der Waals surface area contributed by atoms with E-state index in [1.165, 1.54) is 0 Å². The summed E-state index contributed by atoms with van der Waals surface area (Å²) in [4.78, 5) is 0. The quantitative estimate of drug-likeness (QED) is 0.486. The van der Waals surface area contributed by atoms with Gasteiger partial charge in [-0.2, -0.15) is 0 Å². The zero-order valence-corrected chi connectivity index (χ0v) is 8.57. The van der Waals surface area contributed by atoms with E-state index in [0.717, 1.165) is 27.6 Å². The van der Waals surface area contributed by atoms with Crippen LogP contribution in [0.5, 0.6) is 0 Å². The van der Waals surface area contributed by atoms with E-state index in [1.54, 1.807) is 0 Å². The third-order valence-corrected chi connectivity index (χ3v) is 2.62. The Bertz CT molecular complexity index is 506. The summed E-state index contributed by atoms with van der Waals surface area (Å²) in [6, 6.07) is 9.54. The monoisotopic (exact) mass is 202 g/mol. The van der Waals surface area contributed by atoms with Gasteiger partial charge in [0.2, 0.25) is 0 Å². The third-order valence-electron chi connectivity index (χ3n) is 2.62. The zero-order chi connectivity index (χ0) is 11.0. The Hall–Kier alpha value is -1.58. The van der Waals surface area contributed by atoms with Gasteiger partial charge in [-0.15, -0.1) is 0 Å². The van der Waals surface area contributed by atoms with Crippen LogP contribution in [0.1, 0.15) is 17.4 Å². The van der Waals surface area contributed by atoms with Crippen LogP contribution in [0.3, 0.4) is 0 Å². The van der Waals surface area contributed by atoms with Gasteiger partial charge in [0.25, 0.3) is 0 Å². The number of rotatable bonds is 1. The maximum absolute atomic E-state index is 9.38. The Balaban J connectivity index is 2.76. The first-order valence-corrected chi connectivity index (χ1v) is 4.82. The Kier molecular flexibility index (Phi) is 2.34. The predicted molar refractivity (Wildman–Crippen MR) is 62.2 cm³/mol. The SMILES string of the molecule is Cc1cc2c(N)cccc2cc1C(N)O. The van der Waals surface area contributed by atoms with Crippen molar-refractivity contribution < 1.29 is 5.11 Å². The van der Waals surface area contributed by atoms with Crippen molar-refractivity contribution in [3.63, 3.8) is 0 Å². The van der Waals surface area contributed by atoms with E-state index in [-0.39, 0.29) is 0 Å². The lowest BCUT2D eigenvalue weighted by Crippen LogP contribution is -2.10. The predicted octanol–water partition coefficient (Wildman–Crippen LogP) is 1.68. The molecule has 0 aliphatic heterocycles. The van der Waals surface area contributed by atoms with E-state index in [2.05, 4.69) is 0 Å². The lowest BCUT2D eigenvalue weighted by Gasteiger charge is -2.11. The van der Waals surface area contributed by atoms with E-state index in [0.29, 0.717) is 0 Å². The second-order valence-electron chi connectivity index (χ2n) is 3.72. The minimum Gasteiger partial charge on any atom is -0.398 e. The lowest BCUT2D eigenvalue weighted by atomic mass is 10.00. The highest BCUT2D eigenvalue weighted by Gasteiger charge is 2.07. The maximum atomic E-state index is 9.38. The van der Waals surface area contributed by atoms with Crippen LogP contribution in [0, 0.1) is 6.92 Å². The number of aliphatic hydroxyl groups is 1. The van der Waals surface area contributed by atoms with Gasteiger partial charge in [-0.1, -0.05) is 12.1 Å². The van der Waals surface area contributed by atoms with Crippen LogP contribution in [0.15, 0.2) is 30.3 Å². The molecule has 3 heteroatoms. The average Bonchev–Trinajstić information content (AvgIpc) is 2.18. The largest absolute Gasteiger partial charge is 0.398 e. The minimum absolute atomic E-state index is 0.744. The molecule has 5 N–H and O–H groups in total. The molecule has 0 saturated heterocycles. The first-order valence-electron chi connectivity index (χ1n) is 4.82. The number of nitrogens with two attached hydrogens (primary N) is 2. The summed E-state index contributed by atoms with van der Waals surface area (Å²) >= 11 is 0. The van der Waals surface area contributed by atoms with Crippen LogP contribution in [0.2, 0.25) is 0 Å². The molecule has 1 atom stereocenters. The van der Waals surface area contributed by atoms with Crippen molar-refractivity contribution in [1.82, 2.24) is 0 Å². The molecule has 2 aromatic carbocycles. The average molecular weight is 202 g/mol. The van der Waals surface area contributed by atoms with Crippen molar-refractivity contribution in [2.75, 3.05) is 5.73 Å². The van der Waals surface area contributed by atoms with Crippen molar-refractivity contribution in [3.8, 4) is 0 Å². The minimum atomic E-state index is -0.934. The van der Waals surface area contributed by atoms with Gasteiger partial charge >= 0.3 is 0 Å². The smallest absolute Gasteiger partial charge is 0.128 e. The molecule has 0 saturated carbocycles. The number of nitrogen functional groups attached to an aromatic ring is 1. The molecule has 15 heavy (non-hydrogen) atoms. The Morgan fingerprint density at radius 3 is 2.67 bits per heavy atom. The van der Waals surface area contributed by atoms with Gasteiger partial charge in [-0.25, -0.2) is 0 Å². The fourth-order valence-corrected chi connectivity index (χ4v) is 1.79. The van der Waals surface area contributed by atoms with Gasteiger partial charge in [-0.3, -0.25) is 0 Å². The number of benzene rings is 2. The van der Waals surface area contributed by atoms with Gasteiger partial charge in [0.1, 0.15) is 6.23 Å². The van der Waals surface area contributed by atoms with Crippen molar-refractivity contribution in [2.45, 2.75) is 13.2 Å². The molecule has 1 unspecified atom stereocenters. The van der Waals surface area contributed by atoms with Crippen LogP contribution < -0.4 is 11.5 Å². The summed E-state index contributed by atoms with van der Waals surface area (Å²) in [6.45, 7) is 1.91. The highest BCUT2D eigenvalue weighted by molar-refractivity contribution is 5.93. The first kappa shape index (κ1) is 9.96. The molecule has 2 aromatic rings. The first-order chi connectivity index (χ1) is 7.09. The maximum Gasteiger partial charge on any atom is 0.128 e. The van der Waals surface area contributed by atoms with Crippen molar-refractivity contribution in [2.24, 2.45) is 5.73 Å². The normalized spacial score (nSPS) is 13.0. The summed E-state index contributed by atoms with van der Waals surface area (Å²) in [5, 5.41) is 11.4. The van der Waals surface area contributed by atoms with Crippen LogP contribution in [0.4, 0.5) is 5.69 Å². The molecular weight excluding hydrogens is 188 g/mol. The number of fused-ring (bicyclic) bond motifs is 1. The van der Waals surface area contributed by atoms with Gasteiger partial charge in [0, 0.05) is 11.1 Å². The summed E-state index contributed by atoms with van der Waals surface area (Å²) < 4.78 is 0. The Morgan fingerprint density at radius 2 is 2.00 bits per heavy atom. The van der Waals surface area contributed by atoms with Crippen molar-refractivity contribution >= 4 is 16.5 Å². The Labute approximate surface area is 88.3 Å². The standard InChI is InChI=1S/C12H14N2O/c1-7-5-10-8(3-2-4-11(10)13)6-9(7)12(14)15/h2-6,12,15H,13-14H2,1H3. The van der Waals surface area contributed by atoms with Gasteiger partial charge in [0.15, 0.2) is 0 Å². The van der Waals surface area contributed by atoms with Crippen LogP contribution in [0.25, 0.3) is 10.8 Å². The molecule has 2 rings (SSSR count). The summed E-state index contributed by atoms with van der Waals surface area (Å²) in [6.07, 6.45) is -0.934. The van der Waals surface area contributed by atoms with E-state index in [4.69, 9.17) is 11.5 Å². The molecule has 0 aromatic heterocycles. The summed E-state index contributed by atoms with van der Waals surface area (Å²) in [5.41, 5.74) is 13.8. The number of hydrogen-bond donors (Lipinski definition) is 3. The third kappa shape index (κ3) is 1.67. The van der Waals surface area contributed by atoms with Crippen LogP contribution >= 0.6 is 0 Å². The molecule has 0 amide bonds. The van der Waals surface area contributed by atoms with Crippen LogP contribution in [-0.4, -0.2) is 5.11 Å². The highest BCUT2D eigenvalue weighted by Crippen LogP contribution is 2.26. The fourth-order valence-electron chi connectivity index (χ4n) is 1.79. The molecule has 0 radical (unpaired) electrons. The zero-order valence-electron chi connectivity index (χ0n) is 8.57. The molecule has 0 fully saturated rings. The molecule has 0 aliphatic rings. The van der Waals surface area contributed by atoms with Gasteiger partial charge in [0.05, 0.1) is 0 Å². The molecule has 0 bridgehead atoms. The van der Waals surface area contributed by atoms with E-state index in [1.807, 2.05) is 37.3 Å². The van der Waals surface area contributed by atoms with E-state index >= 15 is 0 Å². The highest BCUT2D eigenvalue weighted by atomic mass is 16.3. The van der Waals surface area contributed by atoms with Gasteiger partial charge in [-0.05, 0) is 41.6 Å².